The molecule has 0 fully saturated rings. The monoisotopic (exact) mass is 283 g/mol. The zero-order valence-electron chi connectivity index (χ0n) is 10.6. The Balaban J connectivity index is 2.13. The number of benzene rings is 1. The number of nitrogens with one attached hydrogen (secondary N) is 1. The Morgan fingerprint density at radius 3 is 2.68 bits per heavy atom. The SMILES string of the molecule is COc1ccc(Nc2nnc(CCCl)o2)cc1OC. The maximum Gasteiger partial charge on any atom is 0.320 e. The number of methoxy groups -OCH3 is 2. The van der Waals surface area contributed by atoms with Crippen molar-refractivity contribution in [2.75, 3.05) is 25.4 Å². The van der Waals surface area contributed by atoms with Gasteiger partial charge in [0.15, 0.2) is 11.5 Å². The first kappa shape index (κ1) is 13.5. The van der Waals surface area contributed by atoms with Crippen LogP contribution in [-0.2, 0) is 6.42 Å². The molecule has 0 atom stereocenters. The summed E-state index contributed by atoms with van der Waals surface area (Å²) in [6, 6.07) is 5.71. The van der Waals surface area contributed by atoms with Gasteiger partial charge in [-0.2, -0.15) is 0 Å². The van der Waals surface area contributed by atoms with Crippen LogP contribution in [0, 0.1) is 0 Å². The van der Waals surface area contributed by atoms with Crippen LogP contribution in [0.5, 0.6) is 11.5 Å². The van der Waals surface area contributed by atoms with E-state index in [2.05, 4.69) is 15.5 Å². The Kier molecular flexibility index (Phi) is 4.46. The number of aryl methyl sites for hydroxylation is 1. The molecule has 102 valence electrons. The van der Waals surface area contributed by atoms with Gasteiger partial charge in [0.25, 0.3) is 0 Å². The quantitative estimate of drug-likeness (QED) is 0.822. The summed E-state index contributed by atoms with van der Waals surface area (Å²) >= 11 is 5.60. The van der Waals surface area contributed by atoms with Gasteiger partial charge in [-0.1, -0.05) is 5.10 Å². The van der Waals surface area contributed by atoms with E-state index in [9.17, 15) is 0 Å². The van der Waals surface area contributed by atoms with Crippen LogP contribution in [-0.4, -0.2) is 30.3 Å². The molecule has 0 aliphatic heterocycles. The maximum atomic E-state index is 5.60. The molecule has 0 aliphatic rings. The van der Waals surface area contributed by atoms with E-state index < -0.39 is 0 Å². The van der Waals surface area contributed by atoms with Crippen molar-refractivity contribution in [3.05, 3.63) is 24.1 Å². The van der Waals surface area contributed by atoms with E-state index >= 15 is 0 Å². The van der Waals surface area contributed by atoms with Crippen LogP contribution in [0.3, 0.4) is 0 Å². The zero-order valence-corrected chi connectivity index (χ0v) is 11.4. The van der Waals surface area contributed by atoms with Crippen LogP contribution in [0.2, 0.25) is 0 Å². The third-order valence-electron chi connectivity index (χ3n) is 2.41. The smallest absolute Gasteiger partial charge is 0.320 e. The largest absolute Gasteiger partial charge is 0.493 e. The first-order valence-electron chi connectivity index (χ1n) is 5.64. The molecule has 0 amide bonds. The minimum Gasteiger partial charge on any atom is -0.493 e. The van der Waals surface area contributed by atoms with E-state index in [1.807, 2.05) is 6.07 Å². The van der Waals surface area contributed by atoms with E-state index in [4.69, 9.17) is 25.5 Å². The molecule has 0 radical (unpaired) electrons. The average Bonchev–Trinajstić information content (AvgIpc) is 2.86. The number of halogens is 1. The van der Waals surface area contributed by atoms with Gasteiger partial charge >= 0.3 is 6.01 Å². The number of rotatable bonds is 6. The molecule has 0 aliphatic carbocycles. The van der Waals surface area contributed by atoms with Gasteiger partial charge in [-0.3, -0.25) is 0 Å². The number of ether oxygens (including phenoxy) is 2. The molecule has 6 nitrogen and oxygen atoms in total. The van der Waals surface area contributed by atoms with Gasteiger partial charge < -0.3 is 19.2 Å². The third-order valence-corrected chi connectivity index (χ3v) is 2.60. The van der Waals surface area contributed by atoms with Crippen molar-refractivity contribution in [3.63, 3.8) is 0 Å². The molecular formula is C12H14ClN3O3. The second-order valence-electron chi connectivity index (χ2n) is 3.63. The van der Waals surface area contributed by atoms with Gasteiger partial charge in [-0.05, 0) is 12.1 Å². The van der Waals surface area contributed by atoms with E-state index in [0.29, 0.717) is 35.7 Å². The van der Waals surface area contributed by atoms with Gasteiger partial charge in [0.05, 0.1) is 14.2 Å². The van der Waals surface area contributed by atoms with Crippen LogP contribution in [0.4, 0.5) is 11.7 Å². The summed E-state index contributed by atoms with van der Waals surface area (Å²) < 4.78 is 15.7. The van der Waals surface area contributed by atoms with Crippen molar-refractivity contribution >= 4 is 23.3 Å². The van der Waals surface area contributed by atoms with E-state index in [-0.39, 0.29) is 0 Å². The molecule has 0 spiro atoms. The summed E-state index contributed by atoms with van der Waals surface area (Å²) in [4.78, 5) is 0. The second kappa shape index (κ2) is 6.29. The number of nitrogens with zero attached hydrogens (tertiary/aromatic N) is 2. The molecule has 1 heterocycles. The van der Waals surface area contributed by atoms with Crippen LogP contribution >= 0.6 is 11.6 Å². The van der Waals surface area contributed by atoms with Crippen LogP contribution in [0.25, 0.3) is 0 Å². The third kappa shape index (κ3) is 3.29. The fourth-order valence-electron chi connectivity index (χ4n) is 1.52. The van der Waals surface area contributed by atoms with Gasteiger partial charge in [0.1, 0.15) is 0 Å². The Morgan fingerprint density at radius 2 is 2.00 bits per heavy atom. The summed E-state index contributed by atoms with van der Waals surface area (Å²) in [5.74, 6) is 2.21. The number of anilines is 2. The summed E-state index contributed by atoms with van der Waals surface area (Å²) in [6.07, 6.45) is 0.544. The highest BCUT2D eigenvalue weighted by Gasteiger charge is 2.08. The first-order valence-corrected chi connectivity index (χ1v) is 6.17. The standard InChI is InChI=1S/C12H14ClN3O3/c1-17-9-4-3-8(7-10(9)18-2)14-12-16-15-11(19-12)5-6-13/h3-4,7H,5-6H2,1-2H3,(H,14,16). The van der Waals surface area contributed by atoms with E-state index in [0.717, 1.165) is 5.69 Å². The highest BCUT2D eigenvalue weighted by Crippen LogP contribution is 2.30. The molecule has 0 bridgehead atoms. The zero-order chi connectivity index (χ0) is 13.7. The Morgan fingerprint density at radius 1 is 1.21 bits per heavy atom. The molecule has 2 aromatic rings. The molecule has 2 rings (SSSR count). The molecule has 1 aromatic carbocycles. The summed E-state index contributed by atoms with van der Waals surface area (Å²) in [5.41, 5.74) is 0.763. The lowest BCUT2D eigenvalue weighted by atomic mass is 10.3. The number of hydrogen-bond acceptors (Lipinski definition) is 6. The van der Waals surface area contributed by atoms with Crippen LogP contribution in [0.15, 0.2) is 22.6 Å². The number of hydrogen-bond donors (Lipinski definition) is 1. The summed E-state index contributed by atoms with van der Waals surface area (Å²) in [7, 11) is 3.16. The second-order valence-corrected chi connectivity index (χ2v) is 4.01. The molecule has 19 heavy (non-hydrogen) atoms. The Labute approximate surface area is 115 Å². The summed E-state index contributed by atoms with van der Waals surface area (Å²) in [5, 5.41) is 10.7. The van der Waals surface area contributed by atoms with Crippen molar-refractivity contribution < 1.29 is 13.9 Å². The van der Waals surface area contributed by atoms with E-state index in [1.165, 1.54) is 0 Å². The predicted octanol–water partition coefficient (Wildman–Crippen LogP) is 2.61. The lowest BCUT2D eigenvalue weighted by Crippen LogP contribution is -1.94. The Bertz CT molecular complexity index is 545. The predicted molar refractivity (Wildman–Crippen MR) is 71.6 cm³/mol. The normalized spacial score (nSPS) is 10.3. The fraction of sp³-hybridized carbons (Fsp3) is 0.333. The average molecular weight is 284 g/mol. The maximum absolute atomic E-state index is 5.60. The van der Waals surface area contributed by atoms with Gasteiger partial charge in [-0.25, -0.2) is 0 Å². The number of alkyl halides is 1. The number of aromatic nitrogens is 2. The fourth-order valence-corrected chi connectivity index (χ4v) is 1.69. The van der Waals surface area contributed by atoms with Crippen molar-refractivity contribution in [3.8, 4) is 11.5 Å². The van der Waals surface area contributed by atoms with Crippen molar-refractivity contribution in [1.29, 1.82) is 0 Å². The molecule has 0 saturated heterocycles. The van der Waals surface area contributed by atoms with Gasteiger partial charge in [0, 0.05) is 24.1 Å². The molecule has 1 aromatic heterocycles. The van der Waals surface area contributed by atoms with E-state index in [1.54, 1.807) is 26.4 Å². The van der Waals surface area contributed by atoms with Crippen molar-refractivity contribution in [1.82, 2.24) is 10.2 Å². The lowest BCUT2D eigenvalue weighted by molar-refractivity contribution is 0.355. The minimum atomic E-state index is 0.312. The first-order chi connectivity index (χ1) is 9.26. The van der Waals surface area contributed by atoms with Crippen LogP contribution < -0.4 is 14.8 Å². The van der Waals surface area contributed by atoms with Crippen molar-refractivity contribution in [2.45, 2.75) is 6.42 Å². The minimum absolute atomic E-state index is 0.312. The molecule has 0 saturated carbocycles. The summed E-state index contributed by atoms with van der Waals surface area (Å²) in [6.45, 7) is 0. The van der Waals surface area contributed by atoms with Gasteiger partial charge in [-0.15, -0.1) is 16.7 Å². The highest BCUT2D eigenvalue weighted by molar-refractivity contribution is 6.17. The Hall–Kier alpha value is -1.95. The highest BCUT2D eigenvalue weighted by atomic mass is 35.5. The molecule has 0 unspecified atom stereocenters. The lowest BCUT2D eigenvalue weighted by Gasteiger charge is -2.09. The molecular weight excluding hydrogens is 270 g/mol. The topological polar surface area (TPSA) is 69.4 Å². The van der Waals surface area contributed by atoms with Gasteiger partial charge in [0.2, 0.25) is 5.89 Å². The van der Waals surface area contributed by atoms with Crippen LogP contribution in [0.1, 0.15) is 5.89 Å². The van der Waals surface area contributed by atoms with Crippen molar-refractivity contribution in [2.24, 2.45) is 0 Å². The molecule has 7 heteroatoms. The molecule has 1 N–H and O–H groups in total.